The molecule has 0 N–H and O–H groups in total. The normalized spacial score (nSPS) is 28.1. The zero-order valence-corrected chi connectivity index (χ0v) is 8.74. The number of rotatable bonds is 3. The van der Waals surface area contributed by atoms with Gasteiger partial charge in [-0.3, -0.25) is 0 Å². The van der Waals surface area contributed by atoms with E-state index in [9.17, 15) is 8.42 Å². The second-order valence-electron chi connectivity index (χ2n) is 3.23. The molecule has 0 aromatic rings. The van der Waals surface area contributed by atoms with Crippen molar-refractivity contribution in [2.75, 3.05) is 31.0 Å². The molecule has 1 saturated heterocycles. The molecule has 1 aliphatic rings. The molecule has 1 fully saturated rings. The van der Waals surface area contributed by atoms with Crippen molar-refractivity contribution >= 4 is 21.4 Å². The summed E-state index contributed by atoms with van der Waals surface area (Å²) >= 11 is 5.55. The topological polar surface area (TPSA) is 37.4 Å². The van der Waals surface area contributed by atoms with Crippen LogP contribution in [-0.2, 0) is 9.84 Å². The van der Waals surface area contributed by atoms with E-state index >= 15 is 0 Å². The predicted octanol–water partition coefficient (Wildman–Crippen LogP) is 0.344. The SMILES string of the molecule is CN(CCCl)C1CCS(=O)(=O)C1. The van der Waals surface area contributed by atoms with E-state index < -0.39 is 9.84 Å². The standard InChI is InChI=1S/C7H14ClNO2S/c1-9(4-3-8)7-2-5-12(10,11)6-7/h7H,2-6H2,1H3. The molecule has 5 heteroatoms. The molecule has 72 valence electrons. The van der Waals surface area contributed by atoms with E-state index in [0.29, 0.717) is 17.4 Å². The summed E-state index contributed by atoms with van der Waals surface area (Å²) in [4.78, 5) is 2.03. The lowest BCUT2D eigenvalue weighted by atomic mass is 10.2. The fourth-order valence-corrected chi connectivity index (χ4v) is 3.51. The van der Waals surface area contributed by atoms with Gasteiger partial charge in [0.1, 0.15) is 0 Å². The zero-order chi connectivity index (χ0) is 9.19. The molecule has 0 aliphatic carbocycles. The highest BCUT2D eigenvalue weighted by Gasteiger charge is 2.29. The van der Waals surface area contributed by atoms with Crippen molar-refractivity contribution in [3.8, 4) is 0 Å². The fraction of sp³-hybridized carbons (Fsp3) is 1.00. The maximum absolute atomic E-state index is 11.1. The first-order valence-electron chi connectivity index (χ1n) is 4.02. The van der Waals surface area contributed by atoms with Gasteiger partial charge >= 0.3 is 0 Å². The Hall–Kier alpha value is 0.200. The van der Waals surface area contributed by atoms with Gasteiger partial charge in [-0.05, 0) is 13.5 Å². The van der Waals surface area contributed by atoms with Gasteiger partial charge in [-0.2, -0.15) is 0 Å². The molecule has 0 radical (unpaired) electrons. The van der Waals surface area contributed by atoms with Crippen LogP contribution in [0.2, 0.25) is 0 Å². The highest BCUT2D eigenvalue weighted by Crippen LogP contribution is 2.15. The van der Waals surface area contributed by atoms with Crippen molar-refractivity contribution in [2.45, 2.75) is 12.5 Å². The lowest BCUT2D eigenvalue weighted by Crippen LogP contribution is -2.33. The molecule has 3 nitrogen and oxygen atoms in total. The number of hydrogen-bond acceptors (Lipinski definition) is 3. The maximum Gasteiger partial charge on any atom is 0.151 e. The van der Waals surface area contributed by atoms with Crippen molar-refractivity contribution in [1.29, 1.82) is 0 Å². The molecule has 0 spiro atoms. The molecule has 1 unspecified atom stereocenters. The number of halogens is 1. The molecule has 0 saturated carbocycles. The summed E-state index contributed by atoms with van der Waals surface area (Å²) in [5.74, 6) is 1.21. The van der Waals surface area contributed by atoms with Crippen LogP contribution in [0.1, 0.15) is 6.42 Å². The second-order valence-corrected chi connectivity index (χ2v) is 5.83. The summed E-state index contributed by atoms with van der Waals surface area (Å²) in [6.45, 7) is 0.766. The predicted molar refractivity (Wildman–Crippen MR) is 50.4 cm³/mol. The van der Waals surface area contributed by atoms with Gasteiger partial charge in [0.05, 0.1) is 11.5 Å². The van der Waals surface area contributed by atoms with Gasteiger partial charge < -0.3 is 4.90 Å². The fourth-order valence-electron chi connectivity index (χ4n) is 1.44. The first kappa shape index (κ1) is 10.3. The van der Waals surface area contributed by atoms with Crippen molar-refractivity contribution in [3.05, 3.63) is 0 Å². The molecule has 1 aliphatic heterocycles. The monoisotopic (exact) mass is 211 g/mol. The Balaban J connectivity index is 2.46. The number of nitrogens with zero attached hydrogens (tertiary/aromatic N) is 1. The summed E-state index contributed by atoms with van der Waals surface area (Å²) < 4.78 is 22.2. The van der Waals surface area contributed by atoms with Crippen molar-refractivity contribution in [2.24, 2.45) is 0 Å². The Morgan fingerprint density at radius 1 is 1.58 bits per heavy atom. The van der Waals surface area contributed by atoms with Gasteiger partial charge in [0, 0.05) is 18.5 Å². The van der Waals surface area contributed by atoms with Gasteiger partial charge in [0.15, 0.2) is 9.84 Å². The lowest BCUT2D eigenvalue weighted by Gasteiger charge is -2.21. The first-order chi connectivity index (χ1) is 5.55. The van der Waals surface area contributed by atoms with Crippen LogP contribution in [0.3, 0.4) is 0 Å². The minimum absolute atomic E-state index is 0.189. The molecule has 12 heavy (non-hydrogen) atoms. The summed E-state index contributed by atoms with van der Waals surface area (Å²) in [5, 5.41) is 0. The van der Waals surface area contributed by atoms with E-state index in [1.807, 2.05) is 11.9 Å². The van der Waals surface area contributed by atoms with Crippen LogP contribution >= 0.6 is 11.6 Å². The quantitative estimate of drug-likeness (QED) is 0.632. The number of alkyl halides is 1. The summed E-state index contributed by atoms with van der Waals surface area (Å²) in [5.41, 5.74) is 0. The second kappa shape index (κ2) is 3.94. The Morgan fingerprint density at radius 2 is 2.25 bits per heavy atom. The third-order valence-corrected chi connectivity index (χ3v) is 4.19. The van der Waals surface area contributed by atoms with E-state index in [-0.39, 0.29) is 6.04 Å². The van der Waals surface area contributed by atoms with Crippen LogP contribution < -0.4 is 0 Å². The van der Waals surface area contributed by atoms with Crippen molar-refractivity contribution in [3.63, 3.8) is 0 Å². The highest BCUT2D eigenvalue weighted by molar-refractivity contribution is 7.91. The highest BCUT2D eigenvalue weighted by atomic mass is 35.5. The molecular weight excluding hydrogens is 198 g/mol. The van der Waals surface area contributed by atoms with Gasteiger partial charge in [-0.25, -0.2) is 8.42 Å². The van der Waals surface area contributed by atoms with Gasteiger partial charge in [-0.15, -0.1) is 11.6 Å². The Kier molecular flexibility index (Phi) is 3.37. The molecular formula is C7H14ClNO2S. The van der Waals surface area contributed by atoms with E-state index in [1.165, 1.54) is 0 Å². The van der Waals surface area contributed by atoms with E-state index in [1.54, 1.807) is 0 Å². The third-order valence-electron chi connectivity index (χ3n) is 2.27. The van der Waals surface area contributed by atoms with Gasteiger partial charge in [-0.1, -0.05) is 0 Å². The molecule has 0 aromatic heterocycles. The van der Waals surface area contributed by atoms with E-state index in [4.69, 9.17) is 11.6 Å². The van der Waals surface area contributed by atoms with Crippen LogP contribution in [0.5, 0.6) is 0 Å². The summed E-state index contributed by atoms with van der Waals surface area (Å²) in [7, 11) is -0.819. The smallest absolute Gasteiger partial charge is 0.151 e. The molecule has 0 bridgehead atoms. The van der Waals surface area contributed by atoms with Crippen LogP contribution in [0, 0.1) is 0 Å². The van der Waals surface area contributed by atoms with Crippen molar-refractivity contribution in [1.82, 2.24) is 4.90 Å². The molecule has 1 heterocycles. The van der Waals surface area contributed by atoms with Crippen LogP contribution in [0.25, 0.3) is 0 Å². The van der Waals surface area contributed by atoms with Crippen LogP contribution in [-0.4, -0.2) is 50.3 Å². The van der Waals surface area contributed by atoms with Crippen molar-refractivity contribution < 1.29 is 8.42 Å². The number of hydrogen-bond donors (Lipinski definition) is 0. The lowest BCUT2D eigenvalue weighted by molar-refractivity contribution is 0.277. The number of sulfone groups is 1. The zero-order valence-electron chi connectivity index (χ0n) is 7.16. The van der Waals surface area contributed by atoms with Crippen LogP contribution in [0.4, 0.5) is 0 Å². The Labute approximate surface area is 78.6 Å². The average Bonchev–Trinajstić information content (AvgIpc) is 2.31. The minimum atomic E-state index is -2.74. The van der Waals surface area contributed by atoms with E-state index in [0.717, 1.165) is 13.0 Å². The van der Waals surface area contributed by atoms with E-state index in [2.05, 4.69) is 0 Å². The van der Waals surface area contributed by atoms with Gasteiger partial charge in [0.25, 0.3) is 0 Å². The average molecular weight is 212 g/mol. The Bertz CT molecular complexity index is 240. The van der Waals surface area contributed by atoms with Gasteiger partial charge in [0.2, 0.25) is 0 Å². The molecule has 0 amide bonds. The first-order valence-corrected chi connectivity index (χ1v) is 6.37. The molecule has 1 rings (SSSR count). The Morgan fingerprint density at radius 3 is 2.67 bits per heavy atom. The minimum Gasteiger partial charge on any atom is -0.301 e. The van der Waals surface area contributed by atoms with Crippen LogP contribution in [0.15, 0.2) is 0 Å². The summed E-state index contributed by atoms with van der Waals surface area (Å²) in [6.07, 6.45) is 0.760. The largest absolute Gasteiger partial charge is 0.301 e. The molecule has 0 aromatic carbocycles. The maximum atomic E-state index is 11.1. The summed E-state index contributed by atoms with van der Waals surface area (Å²) in [6, 6.07) is 0.189. The third kappa shape index (κ3) is 2.61. The molecule has 1 atom stereocenters.